The summed E-state index contributed by atoms with van der Waals surface area (Å²) in [5.41, 5.74) is 0.616. The van der Waals surface area contributed by atoms with E-state index in [1.807, 2.05) is 13.8 Å². The van der Waals surface area contributed by atoms with Crippen LogP contribution in [0, 0.1) is 23.6 Å². The van der Waals surface area contributed by atoms with E-state index in [-0.39, 0.29) is 5.82 Å². The quantitative estimate of drug-likeness (QED) is 0.534. The van der Waals surface area contributed by atoms with Crippen molar-refractivity contribution in [3.63, 3.8) is 0 Å². The van der Waals surface area contributed by atoms with Gasteiger partial charge in [-0.05, 0) is 18.1 Å². The van der Waals surface area contributed by atoms with E-state index in [2.05, 4.69) is 16.8 Å². The van der Waals surface area contributed by atoms with Crippen molar-refractivity contribution in [2.24, 2.45) is 5.92 Å². The molecule has 0 saturated heterocycles. The highest BCUT2D eigenvalue weighted by Crippen LogP contribution is 1.96. The summed E-state index contributed by atoms with van der Waals surface area (Å²) in [6.07, 6.45) is 1.17. The predicted molar refractivity (Wildman–Crippen MR) is 45.9 cm³/mol. The number of hydrogen-bond donors (Lipinski definition) is 0. The van der Waals surface area contributed by atoms with Gasteiger partial charge in [0.2, 0.25) is 0 Å². The van der Waals surface area contributed by atoms with Crippen LogP contribution in [-0.4, -0.2) is 4.98 Å². The van der Waals surface area contributed by atoms with Crippen LogP contribution in [0.1, 0.15) is 19.5 Å². The van der Waals surface area contributed by atoms with Crippen LogP contribution < -0.4 is 0 Å². The van der Waals surface area contributed by atoms with Gasteiger partial charge in [0, 0.05) is 5.92 Å². The highest BCUT2D eigenvalue weighted by Gasteiger charge is 1.89. The van der Waals surface area contributed by atoms with Crippen molar-refractivity contribution >= 4 is 0 Å². The van der Waals surface area contributed by atoms with Gasteiger partial charge in [-0.25, -0.2) is 9.37 Å². The van der Waals surface area contributed by atoms with E-state index in [1.54, 1.807) is 6.07 Å². The third-order valence-corrected chi connectivity index (χ3v) is 1.22. The summed E-state index contributed by atoms with van der Waals surface area (Å²) >= 11 is 0. The molecular formula is C10H10FN. The lowest BCUT2D eigenvalue weighted by Gasteiger charge is -1.89. The molecule has 0 aliphatic heterocycles. The van der Waals surface area contributed by atoms with Crippen molar-refractivity contribution in [1.29, 1.82) is 0 Å². The smallest absolute Gasteiger partial charge is 0.141 e. The molecule has 62 valence electrons. The van der Waals surface area contributed by atoms with Gasteiger partial charge in [0.05, 0.1) is 6.20 Å². The highest BCUT2D eigenvalue weighted by molar-refractivity contribution is 5.27. The van der Waals surface area contributed by atoms with E-state index < -0.39 is 0 Å². The van der Waals surface area contributed by atoms with Gasteiger partial charge in [-0.3, -0.25) is 0 Å². The molecule has 0 aliphatic rings. The summed E-state index contributed by atoms with van der Waals surface area (Å²) < 4.78 is 12.4. The molecular weight excluding hydrogens is 153 g/mol. The molecule has 0 aromatic carbocycles. The van der Waals surface area contributed by atoms with Crippen molar-refractivity contribution < 1.29 is 4.39 Å². The predicted octanol–water partition coefficient (Wildman–Crippen LogP) is 2.23. The van der Waals surface area contributed by atoms with E-state index in [4.69, 9.17) is 0 Å². The molecule has 0 amide bonds. The largest absolute Gasteiger partial charge is 0.245 e. The van der Waals surface area contributed by atoms with Gasteiger partial charge in [-0.2, -0.15) is 0 Å². The Bertz CT molecular complexity index is 303. The minimum atomic E-state index is -0.329. The average Bonchev–Trinajstić information content (AvgIpc) is 2.03. The van der Waals surface area contributed by atoms with E-state index in [0.29, 0.717) is 11.6 Å². The third-order valence-electron chi connectivity index (χ3n) is 1.22. The number of rotatable bonds is 0. The minimum Gasteiger partial charge on any atom is -0.245 e. The molecule has 1 heterocycles. The SMILES string of the molecule is CC(C)C#Cc1ccc(F)cn1. The second-order valence-electron chi connectivity index (χ2n) is 2.79. The number of nitrogens with zero attached hydrogens (tertiary/aromatic N) is 1. The number of hydrogen-bond acceptors (Lipinski definition) is 1. The van der Waals surface area contributed by atoms with Crippen molar-refractivity contribution in [3.8, 4) is 11.8 Å². The van der Waals surface area contributed by atoms with Crippen LogP contribution in [0.3, 0.4) is 0 Å². The lowest BCUT2D eigenvalue weighted by molar-refractivity contribution is 0.621. The van der Waals surface area contributed by atoms with Gasteiger partial charge in [0.25, 0.3) is 0 Å². The number of aromatic nitrogens is 1. The maximum atomic E-state index is 12.4. The Morgan fingerprint density at radius 1 is 1.42 bits per heavy atom. The summed E-state index contributed by atoms with van der Waals surface area (Å²) in [5.74, 6) is 5.78. The first kappa shape index (κ1) is 8.73. The van der Waals surface area contributed by atoms with Crippen LogP contribution in [0.4, 0.5) is 4.39 Å². The maximum absolute atomic E-state index is 12.4. The summed E-state index contributed by atoms with van der Waals surface area (Å²) in [4.78, 5) is 3.80. The molecule has 1 aromatic rings. The summed E-state index contributed by atoms with van der Waals surface area (Å²) in [7, 11) is 0. The molecule has 0 saturated carbocycles. The fourth-order valence-corrected chi connectivity index (χ4v) is 0.668. The molecule has 0 unspecified atom stereocenters. The van der Waals surface area contributed by atoms with Crippen LogP contribution in [0.5, 0.6) is 0 Å². The monoisotopic (exact) mass is 163 g/mol. The van der Waals surface area contributed by atoms with Gasteiger partial charge in [-0.1, -0.05) is 19.8 Å². The second-order valence-corrected chi connectivity index (χ2v) is 2.79. The average molecular weight is 163 g/mol. The van der Waals surface area contributed by atoms with Crippen LogP contribution >= 0.6 is 0 Å². The Morgan fingerprint density at radius 3 is 2.67 bits per heavy atom. The standard InChI is InChI=1S/C10H10FN/c1-8(2)3-5-10-6-4-9(11)7-12-10/h4,6-8H,1-2H3. The maximum Gasteiger partial charge on any atom is 0.141 e. The summed E-state index contributed by atoms with van der Waals surface area (Å²) in [6.45, 7) is 3.99. The molecule has 0 fully saturated rings. The molecule has 0 atom stereocenters. The van der Waals surface area contributed by atoms with E-state index in [9.17, 15) is 4.39 Å². The van der Waals surface area contributed by atoms with E-state index in [1.165, 1.54) is 12.3 Å². The van der Waals surface area contributed by atoms with Crippen molar-refractivity contribution in [1.82, 2.24) is 4.98 Å². The molecule has 0 N–H and O–H groups in total. The van der Waals surface area contributed by atoms with Crippen LogP contribution in [-0.2, 0) is 0 Å². The van der Waals surface area contributed by atoms with Gasteiger partial charge >= 0.3 is 0 Å². The Morgan fingerprint density at radius 2 is 2.17 bits per heavy atom. The molecule has 0 spiro atoms. The van der Waals surface area contributed by atoms with Crippen molar-refractivity contribution in [3.05, 3.63) is 29.8 Å². The molecule has 0 bridgehead atoms. The minimum absolute atomic E-state index is 0.317. The van der Waals surface area contributed by atoms with E-state index in [0.717, 1.165) is 0 Å². The fraction of sp³-hybridized carbons (Fsp3) is 0.300. The Balaban J connectivity index is 2.79. The molecule has 0 aliphatic carbocycles. The first-order chi connectivity index (χ1) is 5.68. The Hall–Kier alpha value is -1.36. The Labute approximate surface area is 71.6 Å². The third kappa shape index (κ3) is 2.71. The van der Waals surface area contributed by atoms with Gasteiger partial charge in [0.1, 0.15) is 11.5 Å². The summed E-state index contributed by atoms with van der Waals surface area (Å²) in [6, 6.07) is 2.93. The van der Waals surface area contributed by atoms with Crippen LogP contribution in [0.2, 0.25) is 0 Å². The molecule has 1 aromatic heterocycles. The molecule has 12 heavy (non-hydrogen) atoms. The van der Waals surface area contributed by atoms with Crippen LogP contribution in [0.25, 0.3) is 0 Å². The topological polar surface area (TPSA) is 12.9 Å². The fourth-order valence-electron chi connectivity index (χ4n) is 0.668. The van der Waals surface area contributed by atoms with Crippen LogP contribution in [0.15, 0.2) is 18.3 Å². The second kappa shape index (κ2) is 3.87. The normalized spacial score (nSPS) is 9.33. The molecule has 1 nitrogen and oxygen atoms in total. The van der Waals surface area contributed by atoms with Crippen molar-refractivity contribution in [2.75, 3.05) is 0 Å². The van der Waals surface area contributed by atoms with E-state index >= 15 is 0 Å². The van der Waals surface area contributed by atoms with Crippen molar-refractivity contribution in [2.45, 2.75) is 13.8 Å². The van der Waals surface area contributed by atoms with Gasteiger partial charge in [0.15, 0.2) is 0 Å². The molecule has 2 heteroatoms. The zero-order chi connectivity index (χ0) is 8.97. The lowest BCUT2D eigenvalue weighted by Crippen LogP contribution is -1.84. The Kier molecular flexibility index (Phi) is 2.82. The first-order valence-electron chi connectivity index (χ1n) is 3.81. The number of pyridine rings is 1. The number of halogens is 1. The lowest BCUT2D eigenvalue weighted by atomic mass is 10.2. The van der Waals surface area contributed by atoms with Gasteiger partial charge < -0.3 is 0 Å². The van der Waals surface area contributed by atoms with Gasteiger partial charge in [-0.15, -0.1) is 0 Å². The highest BCUT2D eigenvalue weighted by atomic mass is 19.1. The zero-order valence-electron chi connectivity index (χ0n) is 7.13. The summed E-state index contributed by atoms with van der Waals surface area (Å²) in [5, 5.41) is 0. The zero-order valence-corrected chi connectivity index (χ0v) is 7.13. The molecule has 1 rings (SSSR count). The molecule has 0 radical (unpaired) electrons. The first-order valence-corrected chi connectivity index (χ1v) is 3.81.